The molecule has 8 heteroatoms. The van der Waals surface area contributed by atoms with Gasteiger partial charge in [0.2, 0.25) is 5.91 Å². The van der Waals surface area contributed by atoms with Gasteiger partial charge < -0.3 is 5.32 Å². The molecule has 0 aliphatic heterocycles. The third kappa shape index (κ3) is 3.35. The van der Waals surface area contributed by atoms with Gasteiger partial charge in [-0.05, 0) is 37.0 Å². The van der Waals surface area contributed by atoms with Crippen molar-refractivity contribution in [1.82, 2.24) is 5.32 Å². The normalized spacial score (nSPS) is 25.7. The van der Waals surface area contributed by atoms with E-state index in [4.69, 9.17) is 0 Å². The molecule has 25 heavy (non-hydrogen) atoms. The minimum atomic E-state index is -4.59. The summed E-state index contributed by atoms with van der Waals surface area (Å²) >= 11 is 0. The minimum Gasteiger partial charge on any atom is -0.352 e. The number of carbonyl (C=O) groups is 1. The fourth-order valence-corrected chi connectivity index (χ4v) is 3.57. The van der Waals surface area contributed by atoms with Crippen LogP contribution in [0.5, 0.6) is 0 Å². The molecule has 0 radical (unpaired) electrons. The molecule has 1 aromatic carbocycles. The van der Waals surface area contributed by atoms with E-state index in [0.29, 0.717) is 24.8 Å². The molecule has 3 rings (SSSR count). The maximum atomic E-state index is 13.3. The molecule has 2 nitrogen and oxygen atoms in total. The number of amides is 1. The predicted molar refractivity (Wildman–Crippen MR) is 77.7 cm³/mol. The number of halogens is 6. The SMILES string of the molecule is O=C(NC1CC1c1ccc(C(F)(F)F)cc1)C1(C(F)(F)F)CCCC1. The molecule has 0 heterocycles. The second-order valence-corrected chi connectivity index (χ2v) is 6.83. The summed E-state index contributed by atoms with van der Waals surface area (Å²) in [6.45, 7) is 0. The average Bonchev–Trinajstić information content (AvgIpc) is 3.07. The van der Waals surface area contributed by atoms with Gasteiger partial charge in [0.25, 0.3) is 0 Å². The van der Waals surface area contributed by atoms with Gasteiger partial charge in [-0.2, -0.15) is 26.3 Å². The van der Waals surface area contributed by atoms with Crippen molar-refractivity contribution in [2.24, 2.45) is 5.41 Å². The highest BCUT2D eigenvalue weighted by Gasteiger charge is 2.61. The summed E-state index contributed by atoms with van der Waals surface area (Å²) in [5.41, 5.74) is -2.51. The number of nitrogens with one attached hydrogen (secondary N) is 1. The molecule has 2 aliphatic carbocycles. The van der Waals surface area contributed by atoms with E-state index in [1.54, 1.807) is 0 Å². The van der Waals surface area contributed by atoms with Gasteiger partial charge in [0.15, 0.2) is 0 Å². The van der Waals surface area contributed by atoms with Gasteiger partial charge in [-0.1, -0.05) is 25.0 Å². The monoisotopic (exact) mass is 365 g/mol. The van der Waals surface area contributed by atoms with Gasteiger partial charge >= 0.3 is 12.4 Å². The zero-order valence-corrected chi connectivity index (χ0v) is 13.2. The zero-order valence-electron chi connectivity index (χ0n) is 13.2. The van der Waals surface area contributed by atoms with Crippen molar-refractivity contribution < 1.29 is 31.1 Å². The Morgan fingerprint density at radius 1 is 1.00 bits per heavy atom. The van der Waals surface area contributed by atoms with Crippen LogP contribution in [-0.2, 0) is 11.0 Å². The number of alkyl halides is 6. The highest BCUT2D eigenvalue weighted by molar-refractivity contribution is 5.84. The van der Waals surface area contributed by atoms with Crippen LogP contribution in [0.25, 0.3) is 0 Å². The van der Waals surface area contributed by atoms with Crippen LogP contribution in [-0.4, -0.2) is 18.1 Å². The van der Waals surface area contributed by atoms with E-state index in [1.165, 1.54) is 12.1 Å². The Labute approximate surface area is 140 Å². The lowest BCUT2D eigenvalue weighted by molar-refractivity contribution is -0.220. The highest BCUT2D eigenvalue weighted by atomic mass is 19.4. The van der Waals surface area contributed by atoms with Crippen LogP contribution in [0.3, 0.4) is 0 Å². The summed E-state index contributed by atoms with van der Waals surface area (Å²) in [5.74, 6) is -1.24. The van der Waals surface area contributed by atoms with Crippen molar-refractivity contribution in [3.63, 3.8) is 0 Å². The van der Waals surface area contributed by atoms with E-state index in [9.17, 15) is 31.1 Å². The van der Waals surface area contributed by atoms with E-state index in [-0.39, 0.29) is 18.8 Å². The van der Waals surface area contributed by atoms with Crippen molar-refractivity contribution in [2.45, 2.75) is 56.4 Å². The van der Waals surface area contributed by atoms with Gasteiger partial charge in [0.1, 0.15) is 5.41 Å². The minimum absolute atomic E-state index is 0.208. The Kier molecular flexibility index (Phi) is 4.28. The molecule has 1 aromatic rings. The van der Waals surface area contributed by atoms with Gasteiger partial charge in [-0.15, -0.1) is 0 Å². The van der Waals surface area contributed by atoms with Crippen LogP contribution in [0.2, 0.25) is 0 Å². The first-order chi connectivity index (χ1) is 11.5. The van der Waals surface area contributed by atoms with Gasteiger partial charge in [-0.3, -0.25) is 4.79 Å². The van der Waals surface area contributed by atoms with Crippen LogP contribution in [0.15, 0.2) is 24.3 Å². The maximum Gasteiger partial charge on any atom is 0.416 e. The second-order valence-electron chi connectivity index (χ2n) is 6.83. The van der Waals surface area contributed by atoms with Crippen molar-refractivity contribution in [3.8, 4) is 0 Å². The zero-order chi connectivity index (χ0) is 18.5. The summed E-state index contributed by atoms with van der Waals surface area (Å²) in [6.07, 6.45) is -8.28. The Balaban J connectivity index is 1.65. The molecule has 1 amide bonds. The third-order valence-electron chi connectivity index (χ3n) is 5.21. The van der Waals surface area contributed by atoms with Crippen LogP contribution in [0.1, 0.15) is 49.1 Å². The van der Waals surface area contributed by atoms with Crippen LogP contribution in [0, 0.1) is 5.41 Å². The number of benzene rings is 1. The molecule has 2 saturated carbocycles. The molecule has 138 valence electrons. The lowest BCUT2D eigenvalue weighted by Gasteiger charge is -2.30. The van der Waals surface area contributed by atoms with Crippen molar-refractivity contribution in [1.29, 1.82) is 0 Å². The fraction of sp³-hybridized carbons (Fsp3) is 0.588. The number of carbonyl (C=O) groups excluding carboxylic acids is 1. The van der Waals surface area contributed by atoms with Crippen LogP contribution < -0.4 is 5.32 Å². The summed E-state index contributed by atoms with van der Waals surface area (Å²) in [5, 5.41) is 2.46. The van der Waals surface area contributed by atoms with E-state index >= 15 is 0 Å². The standard InChI is InChI=1S/C17H17F6NO/c18-16(19,20)11-5-3-10(4-6-11)12-9-13(12)24-14(25)15(17(21,22)23)7-1-2-8-15/h3-6,12-13H,1-2,7-9H2,(H,24,25). The fourth-order valence-electron chi connectivity index (χ4n) is 3.57. The largest absolute Gasteiger partial charge is 0.416 e. The van der Waals surface area contributed by atoms with E-state index in [2.05, 4.69) is 5.32 Å². The predicted octanol–water partition coefficient (Wildman–Crippen LogP) is 4.80. The van der Waals surface area contributed by atoms with Crippen molar-refractivity contribution in [2.75, 3.05) is 0 Å². The molecular weight excluding hydrogens is 348 g/mol. The Morgan fingerprint density at radius 3 is 2.04 bits per heavy atom. The van der Waals surface area contributed by atoms with Gasteiger partial charge in [-0.25, -0.2) is 0 Å². The molecule has 0 aromatic heterocycles. The molecule has 0 bridgehead atoms. The number of hydrogen-bond donors (Lipinski definition) is 1. The quantitative estimate of drug-likeness (QED) is 0.766. The third-order valence-corrected chi connectivity index (χ3v) is 5.21. The Bertz CT molecular complexity index is 643. The maximum absolute atomic E-state index is 13.3. The first-order valence-corrected chi connectivity index (χ1v) is 8.09. The summed E-state index contributed by atoms with van der Waals surface area (Å²) in [7, 11) is 0. The molecule has 2 unspecified atom stereocenters. The number of hydrogen-bond acceptors (Lipinski definition) is 1. The molecule has 2 fully saturated rings. The Morgan fingerprint density at radius 2 is 1.56 bits per heavy atom. The highest BCUT2D eigenvalue weighted by Crippen LogP contribution is 2.51. The topological polar surface area (TPSA) is 29.1 Å². The molecule has 0 saturated heterocycles. The van der Waals surface area contributed by atoms with Crippen molar-refractivity contribution >= 4 is 5.91 Å². The molecule has 2 atom stereocenters. The second kappa shape index (κ2) is 5.92. The van der Waals surface area contributed by atoms with Crippen molar-refractivity contribution in [3.05, 3.63) is 35.4 Å². The molecule has 1 N–H and O–H groups in total. The molecular formula is C17H17F6NO. The van der Waals surface area contributed by atoms with E-state index < -0.39 is 35.3 Å². The lowest BCUT2D eigenvalue weighted by atomic mass is 9.84. The van der Waals surface area contributed by atoms with E-state index in [0.717, 1.165) is 12.1 Å². The van der Waals surface area contributed by atoms with Crippen LogP contribution in [0.4, 0.5) is 26.3 Å². The number of rotatable bonds is 3. The van der Waals surface area contributed by atoms with Gasteiger partial charge in [0.05, 0.1) is 5.56 Å². The lowest BCUT2D eigenvalue weighted by Crippen LogP contribution is -2.49. The molecule has 2 aliphatic rings. The average molecular weight is 365 g/mol. The first-order valence-electron chi connectivity index (χ1n) is 8.09. The smallest absolute Gasteiger partial charge is 0.352 e. The summed E-state index contributed by atoms with van der Waals surface area (Å²) < 4.78 is 77.7. The summed E-state index contributed by atoms with van der Waals surface area (Å²) in [6, 6.07) is 4.06. The van der Waals surface area contributed by atoms with Crippen LogP contribution >= 0.6 is 0 Å². The van der Waals surface area contributed by atoms with Gasteiger partial charge in [0, 0.05) is 12.0 Å². The van der Waals surface area contributed by atoms with E-state index in [1.807, 2.05) is 0 Å². The first kappa shape index (κ1) is 18.1. The summed E-state index contributed by atoms with van der Waals surface area (Å²) in [4.78, 5) is 12.2. The molecule has 0 spiro atoms. The Hall–Kier alpha value is -1.73.